The van der Waals surface area contributed by atoms with Crippen LogP contribution in [0.3, 0.4) is 0 Å². The summed E-state index contributed by atoms with van der Waals surface area (Å²) in [6.45, 7) is 0.634. The monoisotopic (exact) mass is 300 g/mol. The number of hydrogen-bond acceptors (Lipinski definition) is 3. The van der Waals surface area contributed by atoms with Crippen molar-refractivity contribution in [2.75, 3.05) is 6.54 Å². The van der Waals surface area contributed by atoms with Gasteiger partial charge in [-0.1, -0.05) is 49.6 Å². The van der Waals surface area contributed by atoms with Gasteiger partial charge in [-0.05, 0) is 18.8 Å². The number of hydrogen-bond donors (Lipinski definition) is 1. The first-order valence-corrected chi connectivity index (χ1v) is 7.81. The number of nitrogens with zero attached hydrogens (tertiary/aromatic N) is 1. The molecule has 0 radical (unpaired) electrons. The number of rotatable bonds is 3. The van der Waals surface area contributed by atoms with Gasteiger partial charge in [-0.2, -0.15) is 0 Å². The Bertz CT molecular complexity index is 681. The Morgan fingerprint density at radius 2 is 1.91 bits per heavy atom. The van der Waals surface area contributed by atoms with Gasteiger partial charge in [0.05, 0.1) is 6.07 Å². The topological polar surface area (TPSA) is 64.2 Å². The second kappa shape index (κ2) is 6.64. The minimum atomic E-state index is -0.522. The van der Waals surface area contributed by atoms with Gasteiger partial charge in [-0.15, -0.1) is 4.74 Å². The third kappa shape index (κ3) is 3.30. The standard InChI is InChI=1S/C17H20N2O3/c20-16-11-15(14-9-5-2-6-10-14)19(22-16)17(21)18-12-13-7-3-1-4-8-13/h2,5-6,9-11,13H,1,3-4,7-8,12H2,(H,18,21). The summed E-state index contributed by atoms with van der Waals surface area (Å²) in [5.41, 5.74) is 0.736. The van der Waals surface area contributed by atoms with Gasteiger partial charge in [-0.3, -0.25) is 0 Å². The molecule has 116 valence electrons. The fraction of sp³-hybridized carbons (Fsp3) is 0.412. The van der Waals surface area contributed by atoms with Crippen molar-refractivity contribution in [2.24, 2.45) is 5.92 Å². The summed E-state index contributed by atoms with van der Waals surface area (Å²) in [5.74, 6) is 0.528. The highest BCUT2D eigenvalue weighted by molar-refractivity contribution is 5.80. The third-order valence-electron chi connectivity index (χ3n) is 4.18. The number of aromatic nitrogens is 1. The molecule has 5 heteroatoms. The minimum absolute atomic E-state index is 0.383. The first-order chi connectivity index (χ1) is 10.7. The maximum Gasteiger partial charge on any atom is 0.358 e. The molecule has 1 N–H and O–H groups in total. The van der Waals surface area contributed by atoms with E-state index in [0.29, 0.717) is 18.2 Å². The molecule has 22 heavy (non-hydrogen) atoms. The quantitative estimate of drug-likeness (QED) is 0.946. The van der Waals surface area contributed by atoms with Gasteiger partial charge in [0.2, 0.25) is 0 Å². The van der Waals surface area contributed by atoms with E-state index in [1.165, 1.54) is 25.3 Å². The van der Waals surface area contributed by atoms with Gasteiger partial charge in [0, 0.05) is 12.1 Å². The molecular formula is C17H20N2O3. The van der Waals surface area contributed by atoms with Crippen LogP contribution in [-0.2, 0) is 0 Å². The van der Waals surface area contributed by atoms with Crippen molar-refractivity contribution < 1.29 is 9.32 Å². The lowest BCUT2D eigenvalue weighted by molar-refractivity contribution is 0.204. The van der Waals surface area contributed by atoms with E-state index in [-0.39, 0.29) is 6.03 Å². The van der Waals surface area contributed by atoms with Crippen LogP contribution in [-0.4, -0.2) is 17.3 Å². The highest BCUT2D eigenvalue weighted by Crippen LogP contribution is 2.23. The first kappa shape index (κ1) is 14.6. The van der Waals surface area contributed by atoms with E-state index in [1.54, 1.807) is 0 Å². The van der Waals surface area contributed by atoms with Crippen LogP contribution in [0.1, 0.15) is 32.1 Å². The summed E-state index contributed by atoms with van der Waals surface area (Å²) in [5, 5.41) is 2.88. The van der Waals surface area contributed by atoms with Crippen LogP contribution in [0, 0.1) is 5.92 Å². The molecule has 1 heterocycles. The zero-order valence-electron chi connectivity index (χ0n) is 12.5. The number of carbonyl (C=O) groups is 1. The molecule has 0 aliphatic heterocycles. The Hall–Kier alpha value is -2.30. The number of carbonyl (C=O) groups excluding carboxylic acids is 1. The van der Waals surface area contributed by atoms with E-state index >= 15 is 0 Å². The predicted octanol–water partition coefficient (Wildman–Crippen LogP) is 3.25. The molecule has 5 nitrogen and oxygen atoms in total. The Morgan fingerprint density at radius 3 is 2.64 bits per heavy atom. The highest BCUT2D eigenvalue weighted by Gasteiger charge is 2.18. The predicted molar refractivity (Wildman–Crippen MR) is 83.8 cm³/mol. The van der Waals surface area contributed by atoms with Gasteiger partial charge in [0.15, 0.2) is 0 Å². The number of amides is 1. The van der Waals surface area contributed by atoms with Gasteiger partial charge >= 0.3 is 11.7 Å². The van der Waals surface area contributed by atoms with Gasteiger partial charge in [0.25, 0.3) is 0 Å². The average molecular weight is 300 g/mol. The lowest BCUT2D eigenvalue weighted by Crippen LogP contribution is -2.33. The Kier molecular flexibility index (Phi) is 4.42. The van der Waals surface area contributed by atoms with Crippen LogP contribution in [0.4, 0.5) is 4.79 Å². The number of nitrogens with one attached hydrogen (secondary N) is 1. The molecule has 0 unspecified atom stereocenters. The molecular weight excluding hydrogens is 280 g/mol. The molecule has 1 fully saturated rings. The van der Waals surface area contributed by atoms with E-state index in [9.17, 15) is 9.59 Å². The molecule has 1 aliphatic rings. The lowest BCUT2D eigenvalue weighted by atomic mass is 9.89. The molecule has 0 bridgehead atoms. The van der Waals surface area contributed by atoms with Crippen molar-refractivity contribution in [3.63, 3.8) is 0 Å². The molecule has 1 aliphatic carbocycles. The van der Waals surface area contributed by atoms with E-state index in [1.807, 2.05) is 30.3 Å². The average Bonchev–Trinajstić information content (AvgIpc) is 2.96. The van der Waals surface area contributed by atoms with Crippen molar-refractivity contribution >= 4 is 6.03 Å². The molecule has 0 atom stereocenters. The molecule has 1 saturated carbocycles. The lowest BCUT2D eigenvalue weighted by Gasteiger charge is -2.21. The van der Waals surface area contributed by atoms with Crippen LogP contribution in [0.15, 0.2) is 45.7 Å². The van der Waals surface area contributed by atoms with Crippen LogP contribution in [0.25, 0.3) is 11.3 Å². The maximum absolute atomic E-state index is 12.3. The van der Waals surface area contributed by atoms with Crippen LogP contribution < -0.4 is 10.9 Å². The van der Waals surface area contributed by atoms with E-state index in [0.717, 1.165) is 23.1 Å². The normalized spacial score (nSPS) is 15.6. The SMILES string of the molecule is O=C(NCC1CCCCC1)n1oc(=O)cc1-c1ccccc1. The van der Waals surface area contributed by atoms with E-state index in [2.05, 4.69) is 5.32 Å². The summed E-state index contributed by atoms with van der Waals surface area (Å²) >= 11 is 0. The molecule has 1 aromatic heterocycles. The van der Waals surface area contributed by atoms with Crippen molar-refractivity contribution in [1.82, 2.24) is 10.1 Å². The molecule has 0 saturated heterocycles. The van der Waals surface area contributed by atoms with Crippen molar-refractivity contribution in [1.29, 1.82) is 0 Å². The molecule has 3 rings (SSSR count). The van der Waals surface area contributed by atoms with Crippen molar-refractivity contribution in [2.45, 2.75) is 32.1 Å². The van der Waals surface area contributed by atoms with Crippen molar-refractivity contribution in [3.05, 3.63) is 46.8 Å². The van der Waals surface area contributed by atoms with E-state index < -0.39 is 5.63 Å². The largest absolute Gasteiger partial charge is 0.358 e. The summed E-state index contributed by atoms with van der Waals surface area (Å²) in [6.07, 6.45) is 6.06. The Morgan fingerprint density at radius 1 is 1.18 bits per heavy atom. The van der Waals surface area contributed by atoms with Gasteiger partial charge in [0.1, 0.15) is 5.69 Å². The zero-order valence-corrected chi connectivity index (χ0v) is 12.5. The molecule has 0 spiro atoms. The first-order valence-electron chi connectivity index (χ1n) is 7.81. The second-order valence-corrected chi connectivity index (χ2v) is 5.79. The Balaban J connectivity index is 1.74. The summed E-state index contributed by atoms with van der Waals surface area (Å²) in [4.78, 5) is 23.8. The summed E-state index contributed by atoms with van der Waals surface area (Å²) in [6, 6.07) is 10.2. The minimum Gasteiger partial charge on any atom is -0.335 e. The molecule has 2 aromatic rings. The van der Waals surface area contributed by atoms with E-state index in [4.69, 9.17) is 4.52 Å². The zero-order chi connectivity index (χ0) is 15.4. The summed E-state index contributed by atoms with van der Waals surface area (Å²) in [7, 11) is 0. The van der Waals surface area contributed by atoms with Crippen molar-refractivity contribution in [3.8, 4) is 11.3 Å². The smallest absolute Gasteiger partial charge is 0.335 e. The molecule has 1 aromatic carbocycles. The maximum atomic E-state index is 12.3. The fourth-order valence-corrected chi connectivity index (χ4v) is 2.99. The summed E-state index contributed by atoms with van der Waals surface area (Å²) < 4.78 is 6.08. The van der Waals surface area contributed by atoms with Crippen LogP contribution in [0.2, 0.25) is 0 Å². The highest BCUT2D eigenvalue weighted by atomic mass is 16.5. The number of benzene rings is 1. The fourth-order valence-electron chi connectivity index (χ4n) is 2.99. The third-order valence-corrected chi connectivity index (χ3v) is 4.18. The van der Waals surface area contributed by atoms with Crippen LogP contribution >= 0.6 is 0 Å². The van der Waals surface area contributed by atoms with Gasteiger partial charge in [-0.25, -0.2) is 9.59 Å². The van der Waals surface area contributed by atoms with Crippen LogP contribution in [0.5, 0.6) is 0 Å². The van der Waals surface area contributed by atoms with Gasteiger partial charge < -0.3 is 9.84 Å². The Labute approximate surface area is 128 Å². The second-order valence-electron chi connectivity index (χ2n) is 5.79. The molecule has 1 amide bonds.